The minimum Gasteiger partial charge on any atom is -0.507 e. The molecule has 160 valence electrons. The first-order valence-corrected chi connectivity index (χ1v) is 10.7. The molecule has 1 heterocycles. The number of amides is 3. The smallest absolute Gasteiger partial charge is 0.338 e. The van der Waals surface area contributed by atoms with Crippen molar-refractivity contribution in [2.75, 3.05) is 18.5 Å². The van der Waals surface area contributed by atoms with E-state index >= 15 is 0 Å². The summed E-state index contributed by atoms with van der Waals surface area (Å²) in [7, 11) is 0. The number of thioether (sulfide) groups is 1. The van der Waals surface area contributed by atoms with Gasteiger partial charge in [-0.2, -0.15) is 0 Å². The zero-order valence-corrected chi connectivity index (χ0v) is 18.7. The Kier molecular flexibility index (Phi) is 7.13. The number of aromatic hydroxyl groups is 1. The summed E-state index contributed by atoms with van der Waals surface area (Å²) in [5.74, 6) is -1.71. The fourth-order valence-electron chi connectivity index (χ4n) is 2.67. The lowest BCUT2D eigenvalue weighted by Crippen LogP contribution is -2.36. The van der Waals surface area contributed by atoms with Gasteiger partial charge in [0.05, 0.1) is 17.1 Å². The topological polar surface area (TPSA) is 113 Å². The van der Waals surface area contributed by atoms with E-state index in [4.69, 9.17) is 4.74 Å². The van der Waals surface area contributed by atoms with E-state index in [9.17, 15) is 24.3 Å². The predicted octanol–water partition coefficient (Wildman–Crippen LogP) is 4.01. The monoisotopic (exact) mass is 504 g/mol. The van der Waals surface area contributed by atoms with Gasteiger partial charge in [-0.1, -0.05) is 15.9 Å². The third-order valence-electron chi connectivity index (χ3n) is 4.13. The number of halogens is 1. The molecule has 0 saturated carbocycles. The van der Waals surface area contributed by atoms with Gasteiger partial charge in [0.2, 0.25) is 5.91 Å². The molecule has 0 radical (unpaired) electrons. The van der Waals surface area contributed by atoms with Crippen molar-refractivity contribution in [3.8, 4) is 5.75 Å². The molecule has 3 amide bonds. The number of hydrogen-bond donors (Lipinski definition) is 2. The van der Waals surface area contributed by atoms with Crippen LogP contribution in [0.2, 0.25) is 0 Å². The van der Waals surface area contributed by atoms with Crippen molar-refractivity contribution in [2.45, 2.75) is 6.92 Å². The summed E-state index contributed by atoms with van der Waals surface area (Å²) in [4.78, 5) is 49.7. The first kappa shape index (κ1) is 22.6. The molecular weight excluding hydrogens is 488 g/mol. The van der Waals surface area contributed by atoms with Crippen LogP contribution in [0.3, 0.4) is 0 Å². The highest BCUT2D eigenvalue weighted by Crippen LogP contribution is 2.34. The Morgan fingerprint density at radius 1 is 1.19 bits per heavy atom. The van der Waals surface area contributed by atoms with E-state index in [-0.39, 0.29) is 17.3 Å². The molecular formula is C21H17BrN2O6S. The maximum Gasteiger partial charge on any atom is 0.338 e. The normalized spacial score (nSPS) is 14.8. The first-order chi connectivity index (χ1) is 14.8. The average molecular weight is 505 g/mol. The van der Waals surface area contributed by atoms with Crippen LogP contribution >= 0.6 is 27.7 Å². The molecule has 1 aliphatic heterocycles. The van der Waals surface area contributed by atoms with E-state index in [1.54, 1.807) is 19.1 Å². The van der Waals surface area contributed by atoms with Crippen molar-refractivity contribution in [2.24, 2.45) is 0 Å². The van der Waals surface area contributed by atoms with Crippen LogP contribution in [0.5, 0.6) is 5.75 Å². The Morgan fingerprint density at radius 3 is 2.58 bits per heavy atom. The first-order valence-electron chi connectivity index (χ1n) is 9.09. The van der Waals surface area contributed by atoms with E-state index in [2.05, 4.69) is 21.2 Å². The van der Waals surface area contributed by atoms with Gasteiger partial charge in [-0.15, -0.1) is 0 Å². The molecule has 8 nitrogen and oxygen atoms in total. The fraction of sp³-hybridized carbons (Fsp3) is 0.143. The molecule has 10 heteroatoms. The van der Waals surface area contributed by atoms with Gasteiger partial charge in [0, 0.05) is 15.7 Å². The van der Waals surface area contributed by atoms with Crippen molar-refractivity contribution >= 4 is 62.5 Å². The second-order valence-electron chi connectivity index (χ2n) is 6.32. The lowest BCUT2D eigenvalue weighted by Gasteiger charge is -2.12. The van der Waals surface area contributed by atoms with Gasteiger partial charge in [0.25, 0.3) is 11.1 Å². The number of carbonyl (C=O) groups excluding carboxylic acids is 4. The van der Waals surface area contributed by atoms with Crippen molar-refractivity contribution in [1.29, 1.82) is 0 Å². The van der Waals surface area contributed by atoms with Crippen LogP contribution in [0.1, 0.15) is 22.8 Å². The van der Waals surface area contributed by atoms with E-state index in [0.29, 0.717) is 33.0 Å². The maximum absolute atomic E-state index is 12.6. The zero-order valence-electron chi connectivity index (χ0n) is 16.3. The Hall–Kier alpha value is -3.11. The molecule has 0 atom stereocenters. The Balaban J connectivity index is 1.66. The van der Waals surface area contributed by atoms with Crippen LogP contribution in [0.4, 0.5) is 10.5 Å². The summed E-state index contributed by atoms with van der Waals surface area (Å²) < 4.78 is 5.59. The highest BCUT2D eigenvalue weighted by Gasteiger charge is 2.36. The number of nitrogens with zero attached hydrogens (tertiary/aromatic N) is 1. The van der Waals surface area contributed by atoms with Crippen molar-refractivity contribution in [3.05, 3.63) is 63.0 Å². The van der Waals surface area contributed by atoms with Crippen LogP contribution in [-0.2, 0) is 14.3 Å². The van der Waals surface area contributed by atoms with Crippen LogP contribution in [0, 0.1) is 0 Å². The summed E-state index contributed by atoms with van der Waals surface area (Å²) in [6.07, 6.45) is 1.40. The standard InChI is InChI=1S/C21H17BrN2O6S/c1-2-30-20(28)12-3-6-15(7-4-12)23-18(26)11-24-19(27)17(31-21(24)29)10-13-9-14(22)5-8-16(13)25/h3-10,25H,2,11H2,1H3,(H,23,26)/b17-10-. The van der Waals surface area contributed by atoms with E-state index < -0.39 is 29.6 Å². The van der Waals surface area contributed by atoms with Crippen LogP contribution in [-0.4, -0.2) is 46.2 Å². The second-order valence-corrected chi connectivity index (χ2v) is 8.23. The number of imide groups is 1. The Bertz CT molecular complexity index is 1080. The Morgan fingerprint density at radius 2 is 1.90 bits per heavy atom. The van der Waals surface area contributed by atoms with Gasteiger partial charge in [-0.3, -0.25) is 19.3 Å². The minimum absolute atomic E-state index is 0.0426. The highest BCUT2D eigenvalue weighted by molar-refractivity contribution is 9.10. The number of carbonyl (C=O) groups is 4. The van der Waals surface area contributed by atoms with Gasteiger partial charge in [0.1, 0.15) is 12.3 Å². The molecule has 1 saturated heterocycles. The van der Waals surface area contributed by atoms with Gasteiger partial charge in [-0.25, -0.2) is 4.79 Å². The molecule has 1 aliphatic rings. The number of nitrogens with one attached hydrogen (secondary N) is 1. The number of ether oxygens (including phenoxy) is 1. The molecule has 0 aromatic heterocycles. The predicted molar refractivity (Wildman–Crippen MR) is 120 cm³/mol. The molecule has 0 aliphatic carbocycles. The molecule has 2 aromatic carbocycles. The second kappa shape index (κ2) is 9.80. The van der Waals surface area contributed by atoms with Crippen LogP contribution < -0.4 is 5.32 Å². The van der Waals surface area contributed by atoms with Gasteiger partial charge >= 0.3 is 5.97 Å². The van der Waals surface area contributed by atoms with E-state index in [0.717, 1.165) is 4.90 Å². The molecule has 31 heavy (non-hydrogen) atoms. The number of rotatable bonds is 6. The molecule has 1 fully saturated rings. The van der Waals surface area contributed by atoms with Crippen molar-refractivity contribution < 1.29 is 29.0 Å². The third-order valence-corrected chi connectivity index (χ3v) is 5.53. The summed E-state index contributed by atoms with van der Waals surface area (Å²) >= 11 is 3.97. The van der Waals surface area contributed by atoms with Crippen molar-refractivity contribution in [1.82, 2.24) is 4.90 Å². The van der Waals surface area contributed by atoms with Gasteiger partial charge < -0.3 is 15.2 Å². The molecule has 2 N–H and O–H groups in total. The van der Waals surface area contributed by atoms with E-state index in [1.165, 1.54) is 36.4 Å². The molecule has 3 rings (SSSR count). The van der Waals surface area contributed by atoms with Gasteiger partial charge in [-0.05, 0) is 67.2 Å². The number of phenolic OH excluding ortho intramolecular Hbond substituents is 1. The quantitative estimate of drug-likeness (QED) is 0.451. The summed E-state index contributed by atoms with van der Waals surface area (Å²) in [6, 6.07) is 10.8. The number of hydrogen-bond acceptors (Lipinski definition) is 7. The zero-order chi connectivity index (χ0) is 22.5. The molecule has 0 spiro atoms. The highest BCUT2D eigenvalue weighted by atomic mass is 79.9. The average Bonchev–Trinajstić information content (AvgIpc) is 2.99. The van der Waals surface area contributed by atoms with Crippen LogP contribution in [0.15, 0.2) is 51.8 Å². The number of benzene rings is 2. The van der Waals surface area contributed by atoms with Gasteiger partial charge in [0.15, 0.2) is 0 Å². The lowest BCUT2D eigenvalue weighted by molar-refractivity contribution is -0.127. The third kappa shape index (κ3) is 5.53. The lowest BCUT2D eigenvalue weighted by atomic mass is 10.2. The number of anilines is 1. The Labute approximate surface area is 190 Å². The minimum atomic E-state index is -0.623. The summed E-state index contributed by atoms with van der Waals surface area (Å²) in [5, 5.41) is 11.9. The fourth-order valence-corrected chi connectivity index (χ4v) is 3.87. The largest absolute Gasteiger partial charge is 0.507 e. The molecule has 2 aromatic rings. The molecule has 0 bridgehead atoms. The summed E-state index contributed by atoms with van der Waals surface area (Å²) in [6.45, 7) is 1.49. The SMILES string of the molecule is CCOC(=O)c1ccc(NC(=O)CN2C(=O)S/C(=C\c3cc(Br)ccc3O)C2=O)cc1. The van der Waals surface area contributed by atoms with Crippen molar-refractivity contribution in [3.63, 3.8) is 0 Å². The summed E-state index contributed by atoms with van der Waals surface area (Å²) in [5.41, 5.74) is 1.11. The molecule has 0 unspecified atom stereocenters. The maximum atomic E-state index is 12.6. The number of phenols is 1. The van der Waals surface area contributed by atoms with Crippen LogP contribution in [0.25, 0.3) is 6.08 Å². The number of esters is 1. The van der Waals surface area contributed by atoms with E-state index in [1.807, 2.05) is 0 Å².